The van der Waals surface area contributed by atoms with Gasteiger partial charge in [0.2, 0.25) is 0 Å². The molecule has 0 aliphatic carbocycles. The lowest BCUT2D eigenvalue weighted by atomic mass is 9.99. The van der Waals surface area contributed by atoms with E-state index in [4.69, 9.17) is 5.84 Å². The molecule has 5 heteroatoms. The maximum absolute atomic E-state index is 14.1. The van der Waals surface area contributed by atoms with Crippen LogP contribution in [0.2, 0.25) is 0 Å². The van der Waals surface area contributed by atoms with Crippen molar-refractivity contribution in [2.45, 2.75) is 10.9 Å². The molecular formula is C14H14BrFN2S. The molecule has 2 nitrogen and oxygen atoms in total. The topological polar surface area (TPSA) is 38.0 Å². The van der Waals surface area contributed by atoms with E-state index in [1.165, 1.54) is 0 Å². The minimum absolute atomic E-state index is 0.292. The largest absolute Gasteiger partial charge is 0.271 e. The molecule has 0 aliphatic heterocycles. The molecule has 0 amide bonds. The third-order valence-corrected chi connectivity index (χ3v) is 4.26. The molecule has 2 aromatic rings. The maximum Gasteiger partial charge on any atom is 0.142 e. The molecule has 3 N–H and O–H groups in total. The van der Waals surface area contributed by atoms with Crippen LogP contribution in [-0.4, -0.2) is 6.26 Å². The van der Waals surface area contributed by atoms with Crippen LogP contribution in [0.3, 0.4) is 0 Å². The number of rotatable bonds is 4. The molecule has 0 saturated heterocycles. The fourth-order valence-electron chi connectivity index (χ4n) is 1.91. The summed E-state index contributed by atoms with van der Waals surface area (Å²) in [6, 6.07) is 12.7. The van der Waals surface area contributed by atoms with E-state index in [2.05, 4.69) is 21.4 Å². The number of benzene rings is 2. The van der Waals surface area contributed by atoms with E-state index >= 15 is 0 Å². The van der Waals surface area contributed by atoms with Crippen molar-refractivity contribution in [1.29, 1.82) is 0 Å². The second kappa shape index (κ2) is 6.52. The molecule has 0 aromatic heterocycles. The highest BCUT2D eigenvalue weighted by molar-refractivity contribution is 9.10. The molecule has 0 bridgehead atoms. The Hall–Kier alpha value is -0.880. The van der Waals surface area contributed by atoms with Gasteiger partial charge < -0.3 is 0 Å². The summed E-state index contributed by atoms with van der Waals surface area (Å²) in [6.45, 7) is 0. The maximum atomic E-state index is 14.1. The van der Waals surface area contributed by atoms with Crippen LogP contribution in [-0.2, 0) is 0 Å². The lowest BCUT2D eigenvalue weighted by molar-refractivity contribution is 0.556. The summed E-state index contributed by atoms with van der Waals surface area (Å²) in [5, 5.41) is 0. The van der Waals surface area contributed by atoms with Gasteiger partial charge in [0.05, 0.1) is 10.5 Å². The lowest BCUT2D eigenvalue weighted by Crippen LogP contribution is -2.29. The Bertz CT molecular complexity index is 560. The first kappa shape index (κ1) is 14.5. The van der Waals surface area contributed by atoms with Crippen molar-refractivity contribution < 1.29 is 4.39 Å². The Morgan fingerprint density at radius 1 is 1.21 bits per heavy atom. The lowest BCUT2D eigenvalue weighted by Gasteiger charge is -2.18. The van der Waals surface area contributed by atoms with Crippen LogP contribution in [0.1, 0.15) is 17.2 Å². The van der Waals surface area contributed by atoms with Gasteiger partial charge in [-0.3, -0.25) is 5.84 Å². The van der Waals surface area contributed by atoms with Crippen molar-refractivity contribution in [3.05, 3.63) is 63.9 Å². The third-order valence-electron chi connectivity index (χ3n) is 2.91. The van der Waals surface area contributed by atoms with Gasteiger partial charge in [0, 0.05) is 10.5 Å². The smallest absolute Gasteiger partial charge is 0.142 e. The standard InChI is InChI=1S/C14H14BrFN2S/c1-19-10-7-5-9(6-8-10)14(18-17)11-3-2-4-12(15)13(11)16/h2-8,14,18H,17H2,1H3. The zero-order valence-corrected chi connectivity index (χ0v) is 12.8. The first-order valence-corrected chi connectivity index (χ1v) is 7.73. The van der Waals surface area contributed by atoms with E-state index in [0.29, 0.717) is 10.0 Å². The SMILES string of the molecule is CSc1ccc(C(NN)c2cccc(Br)c2F)cc1. The molecule has 0 radical (unpaired) electrons. The minimum atomic E-state index is -0.367. The van der Waals surface area contributed by atoms with Crippen LogP contribution in [0.5, 0.6) is 0 Å². The average molecular weight is 341 g/mol. The normalized spacial score (nSPS) is 12.4. The fraction of sp³-hybridized carbons (Fsp3) is 0.143. The number of hydrogen-bond donors (Lipinski definition) is 2. The number of thioether (sulfide) groups is 1. The fourth-order valence-corrected chi connectivity index (χ4v) is 2.70. The van der Waals surface area contributed by atoms with E-state index < -0.39 is 0 Å². The van der Waals surface area contributed by atoms with Crippen molar-refractivity contribution >= 4 is 27.7 Å². The average Bonchev–Trinajstić information content (AvgIpc) is 2.45. The van der Waals surface area contributed by atoms with Crippen molar-refractivity contribution in [1.82, 2.24) is 5.43 Å². The summed E-state index contributed by atoms with van der Waals surface area (Å²) >= 11 is 4.86. The van der Waals surface area contributed by atoms with Crippen LogP contribution in [0, 0.1) is 5.82 Å². The Balaban J connectivity index is 2.40. The van der Waals surface area contributed by atoms with Crippen molar-refractivity contribution in [2.24, 2.45) is 5.84 Å². The van der Waals surface area contributed by atoms with Gasteiger partial charge >= 0.3 is 0 Å². The summed E-state index contributed by atoms with van der Waals surface area (Å²) in [5.74, 6) is 5.30. The van der Waals surface area contributed by atoms with Gasteiger partial charge in [-0.25, -0.2) is 9.82 Å². The highest BCUT2D eigenvalue weighted by Crippen LogP contribution is 2.28. The zero-order chi connectivity index (χ0) is 13.8. The molecular weight excluding hydrogens is 327 g/mol. The number of hydrogen-bond acceptors (Lipinski definition) is 3. The quantitative estimate of drug-likeness (QED) is 0.504. The Morgan fingerprint density at radius 2 is 1.89 bits per heavy atom. The monoisotopic (exact) mass is 340 g/mol. The van der Waals surface area contributed by atoms with E-state index in [-0.39, 0.29) is 11.9 Å². The molecule has 19 heavy (non-hydrogen) atoms. The summed E-state index contributed by atoms with van der Waals surface area (Å²) in [7, 11) is 0. The van der Waals surface area contributed by atoms with Crippen LogP contribution < -0.4 is 11.3 Å². The van der Waals surface area contributed by atoms with Crippen LogP contribution in [0.15, 0.2) is 51.8 Å². The predicted molar refractivity (Wildman–Crippen MR) is 81.5 cm³/mol. The molecule has 2 rings (SSSR count). The van der Waals surface area contributed by atoms with Crippen LogP contribution in [0.4, 0.5) is 4.39 Å². The molecule has 0 fully saturated rings. The molecule has 0 saturated carbocycles. The number of nitrogens with two attached hydrogens (primary N) is 1. The van der Waals surface area contributed by atoms with E-state index in [0.717, 1.165) is 10.5 Å². The highest BCUT2D eigenvalue weighted by Gasteiger charge is 2.17. The summed E-state index contributed by atoms with van der Waals surface area (Å²) in [5.41, 5.74) is 4.12. The summed E-state index contributed by atoms with van der Waals surface area (Å²) < 4.78 is 14.6. The van der Waals surface area contributed by atoms with Gasteiger partial charge in [-0.05, 0) is 45.9 Å². The molecule has 2 aromatic carbocycles. The minimum Gasteiger partial charge on any atom is -0.271 e. The first-order chi connectivity index (χ1) is 9.17. The van der Waals surface area contributed by atoms with Gasteiger partial charge in [0.25, 0.3) is 0 Å². The zero-order valence-electron chi connectivity index (χ0n) is 10.4. The molecule has 0 heterocycles. The second-order valence-electron chi connectivity index (χ2n) is 4.02. The third kappa shape index (κ3) is 3.17. The van der Waals surface area contributed by atoms with E-state index in [9.17, 15) is 4.39 Å². The van der Waals surface area contributed by atoms with Gasteiger partial charge in [-0.2, -0.15) is 0 Å². The predicted octanol–water partition coefficient (Wildman–Crippen LogP) is 3.86. The molecule has 0 spiro atoms. The van der Waals surface area contributed by atoms with Gasteiger partial charge in [-0.1, -0.05) is 24.3 Å². The number of halogens is 2. The molecule has 1 unspecified atom stereocenters. The van der Waals surface area contributed by atoms with E-state index in [1.807, 2.05) is 30.5 Å². The Morgan fingerprint density at radius 3 is 2.47 bits per heavy atom. The highest BCUT2D eigenvalue weighted by atomic mass is 79.9. The first-order valence-electron chi connectivity index (χ1n) is 5.71. The van der Waals surface area contributed by atoms with Gasteiger partial charge in [0.1, 0.15) is 5.82 Å². The van der Waals surface area contributed by atoms with E-state index in [1.54, 1.807) is 30.0 Å². The Kier molecular flexibility index (Phi) is 4.99. The van der Waals surface area contributed by atoms with Crippen LogP contribution >= 0.6 is 27.7 Å². The van der Waals surface area contributed by atoms with Crippen LogP contribution in [0.25, 0.3) is 0 Å². The van der Waals surface area contributed by atoms with Gasteiger partial charge in [-0.15, -0.1) is 11.8 Å². The van der Waals surface area contributed by atoms with Crippen molar-refractivity contribution in [3.8, 4) is 0 Å². The molecule has 1 atom stereocenters. The summed E-state index contributed by atoms with van der Waals surface area (Å²) in [4.78, 5) is 1.16. The van der Waals surface area contributed by atoms with Gasteiger partial charge in [0.15, 0.2) is 0 Å². The molecule has 0 aliphatic rings. The number of nitrogens with one attached hydrogen (secondary N) is 1. The Labute approximate surface area is 124 Å². The second-order valence-corrected chi connectivity index (χ2v) is 5.75. The number of hydrazine groups is 1. The summed E-state index contributed by atoms with van der Waals surface area (Å²) in [6.07, 6.45) is 2.02. The molecule has 100 valence electrons. The van der Waals surface area contributed by atoms with Crippen molar-refractivity contribution in [3.63, 3.8) is 0 Å². The van der Waals surface area contributed by atoms with Crippen molar-refractivity contribution in [2.75, 3.05) is 6.26 Å².